The summed E-state index contributed by atoms with van der Waals surface area (Å²) >= 11 is 0. The van der Waals surface area contributed by atoms with E-state index in [-0.39, 0.29) is 24.3 Å². The molecule has 5 rings (SSSR count). The third-order valence-electron chi connectivity index (χ3n) is 6.24. The summed E-state index contributed by atoms with van der Waals surface area (Å²) in [7, 11) is 0. The number of carboxylic acids is 1. The van der Waals surface area contributed by atoms with Crippen molar-refractivity contribution < 1.29 is 23.8 Å². The smallest absolute Gasteiger partial charge is 0.304 e. The van der Waals surface area contributed by atoms with Crippen LogP contribution in [0.1, 0.15) is 47.1 Å². The number of carboxylic acid groups (broad SMARTS) is 1. The third-order valence-corrected chi connectivity index (χ3v) is 6.24. The maximum atomic E-state index is 15.1. The van der Waals surface area contributed by atoms with Gasteiger partial charge in [-0.25, -0.2) is 4.39 Å². The van der Waals surface area contributed by atoms with Crippen LogP contribution in [0.25, 0.3) is 11.1 Å². The van der Waals surface area contributed by atoms with E-state index in [1.54, 1.807) is 6.07 Å². The Hall–Kier alpha value is -3.34. The fraction of sp³-hybridized carbons (Fsp3) is 0.269. The minimum Gasteiger partial charge on any atom is -0.492 e. The molecule has 0 spiro atoms. The number of aliphatic carboxylic acids is 1. The van der Waals surface area contributed by atoms with Gasteiger partial charge < -0.3 is 14.6 Å². The number of hydrogen-bond donors (Lipinski definition) is 1. The molecule has 2 atom stereocenters. The Morgan fingerprint density at radius 2 is 1.94 bits per heavy atom. The molecule has 3 aromatic rings. The van der Waals surface area contributed by atoms with Gasteiger partial charge in [0.25, 0.3) is 0 Å². The van der Waals surface area contributed by atoms with Crippen LogP contribution in [-0.2, 0) is 11.2 Å². The third kappa shape index (κ3) is 3.65. The molecular weight excluding hydrogens is 395 g/mol. The summed E-state index contributed by atoms with van der Waals surface area (Å²) in [6, 6.07) is 17.1. The molecule has 3 aromatic carbocycles. The first-order chi connectivity index (χ1) is 15.0. The highest BCUT2D eigenvalue weighted by atomic mass is 19.1. The van der Waals surface area contributed by atoms with Crippen molar-refractivity contribution in [1.29, 1.82) is 0 Å². The first-order valence-corrected chi connectivity index (χ1v) is 10.5. The van der Waals surface area contributed by atoms with Gasteiger partial charge in [-0.1, -0.05) is 36.4 Å². The van der Waals surface area contributed by atoms with Crippen LogP contribution in [0.2, 0.25) is 0 Å². The predicted octanol–water partition coefficient (Wildman–Crippen LogP) is 5.82. The van der Waals surface area contributed by atoms with Crippen LogP contribution in [0.15, 0.2) is 54.6 Å². The summed E-state index contributed by atoms with van der Waals surface area (Å²) in [5.41, 5.74) is 5.48. The Bertz CT molecular complexity index is 1170. The lowest BCUT2D eigenvalue weighted by Crippen LogP contribution is -2.16. The van der Waals surface area contributed by atoms with E-state index in [4.69, 9.17) is 14.6 Å². The normalized spacial score (nSPS) is 19.2. The molecule has 0 bridgehead atoms. The van der Waals surface area contributed by atoms with Gasteiger partial charge in [-0.05, 0) is 54.2 Å². The molecule has 0 saturated carbocycles. The van der Waals surface area contributed by atoms with Crippen molar-refractivity contribution in [2.45, 2.75) is 38.2 Å². The van der Waals surface area contributed by atoms with Crippen molar-refractivity contribution in [2.75, 3.05) is 6.61 Å². The van der Waals surface area contributed by atoms with Crippen molar-refractivity contribution in [1.82, 2.24) is 0 Å². The zero-order valence-corrected chi connectivity index (χ0v) is 17.2. The van der Waals surface area contributed by atoms with Crippen molar-refractivity contribution in [3.63, 3.8) is 0 Å². The van der Waals surface area contributed by atoms with Gasteiger partial charge >= 0.3 is 5.97 Å². The molecule has 0 aromatic heterocycles. The summed E-state index contributed by atoms with van der Waals surface area (Å²) < 4.78 is 26.9. The summed E-state index contributed by atoms with van der Waals surface area (Å²) in [6.45, 7) is 2.38. The zero-order valence-electron chi connectivity index (χ0n) is 17.2. The van der Waals surface area contributed by atoms with Gasteiger partial charge in [-0.3, -0.25) is 4.79 Å². The van der Waals surface area contributed by atoms with E-state index in [9.17, 15) is 4.79 Å². The quantitative estimate of drug-likeness (QED) is 0.580. The Labute approximate surface area is 180 Å². The number of hydrogen-bond acceptors (Lipinski definition) is 3. The van der Waals surface area contributed by atoms with Crippen LogP contribution in [0, 0.1) is 12.7 Å². The fourth-order valence-electron chi connectivity index (χ4n) is 4.60. The second-order valence-corrected chi connectivity index (χ2v) is 8.30. The molecule has 31 heavy (non-hydrogen) atoms. The lowest BCUT2D eigenvalue weighted by Gasteiger charge is -2.27. The predicted molar refractivity (Wildman–Crippen MR) is 115 cm³/mol. The highest BCUT2D eigenvalue weighted by molar-refractivity contribution is 5.69. The van der Waals surface area contributed by atoms with E-state index in [0.29, 0.717) is 30.1 Å². The first-order valence-electron chi connectivity index (χ1n) is 10.5. The Morgan fingerprint density at radius 1 is 1.10 bits per heavy atom. The molecule has 4 nitrogen and oxygen atoms in total. The SMILES string of the molecule is Cc1ccccc1-c1ccc(C2CCc3cc4c(cc3O2)OCC4CC(=O)O)c(F)c1. The van der Waals surface area contributed by atoms with Crippen LogP contribution >= 0.6 is 0 Å². The van der Waals surface area contributed by atoms with Gasteiger partial charge in [-0.15, -0.1) is 0 Å². The number of benzene rings is 3. The summed E-state index contributed by atoms with van der Waals surface area (Å²) in [5, 5.41) is 9.12. The molecule has 2 unspecified atom stereocenters. The van der Waals surface area contributed by atoms with Gasteiger partial charge in [0, 0.05) is 23.1 Å². The molecular formula is C26H23FO4. The Kier molecular flexibility index (Phi) is 4.89. The Morgan fingerprint density at radius 3 is 2.71 bits per heavy atom. The molecule has 1 N–H and O–H groups in total. The zero-order chi connectivity index (χ0) is 21.5. The van der Waals surface area contributed by atoms with E-state index < -0.39 is 5.97 Å². The largest absolute Gasteiger partial charge is 0.492 e. The minimum atomic E-state index is -0.833. The summed E-state index contributed by atoms with van der Waals surface area (Å²) in [6.07, 6.45) is 1.09. The van der Waals surface area contributed by atoms with E-state index >= 15 is 4.39 Å². The van der Waals surface area contributed by atoms with Crippen LogP contribution < -0.4 is 9.47 Å². The summed E-state index contributed by atoms with van der Waals surface area (Å²) in [4.78, 5) is 11.1. The number of carbonyl (C=O) groups is 1. The molecule has 158 valence electrons. The fourth-order valence-corrected chi connectivity index (χ4v) is 4.60. The lowest BCUT2D eigenvalue weighted by atomic mass is 9.91. The van der Waals surface area contributed by atoms with Crippen molar-refractivity contribution >= 4 is 5.97 Å². The molecule has 0 amide bonds. The maximum Gasteiger partial charge on any atom is 0.304 e. The monoisotopic (exact) mass is 418 g/mol. The highest BCUT2D eigenvalue weighted by Gasteiger charge is 2.31. The molecule has 0 aliphatic carbocycles. The molecule has 2 aliphatic rings. The van der Waals surface area contributed by atoms with E-state index in [1.807, 2.05) is 55.5 Å². The van der Waals surface area contributed by atoms with Gasteiger partial charge in [0.05, 0.1) is 13.0 Å². The minimum absolute atomic E-state index is 0.0493. The lowest BCUT2D eigenvalue weighted by molar-refractivity contribution is -0.137. The maximum absolute atomic E-state index is 15.1. The number of halogens is 1. The molecule has 0 radical (unpaired) electrons. The van der Waals surface area contributed by atoms with Crippen molar-refractivity contribution in [2.24, 2.45) is 0 Å². The van der Waals surface area contributed by atoms with E-state index in [1.165, 1.54) is 0 Å². The van der Waals surface area contributed by atoms with Gasteiger partial charge in [0.1, 0.15) is 23.4 Å². The second kappa shape index (κ2) is 7.73. The van der Waals surface area contributed by atoms with Gasteiger partial charge in [-0.2, -0.15) is 0 Å². The average molecular weight is 418 g/mol. The van der Waals surface area contributed by atoms with Crippen molar-refractivity contribution in [3.8, 4) is 22.6 Å². The van der Waals surface area contributed by atoms with Crippen molar-refractivity contribution in [3.05, 3.63) is 82.7 Å². The van der Waals surface area contributed by atoms with E-state index in [2.05, 4.69) is 0 Å². The van der Waals surface area contributed by atoms with Crippen LogP contribution in [0.5, 0.6) is 11.5 Å². The average Bonchev–Trinajstić information content (AvgIpc) is 3.13. The molecule has 5 heteroatoms. The van der Waals surface area contributed by atoms with Crippen LogP contribution in [-0.4, -0.2) is 17.7 Å². The Balaban J connectivity index is 1.40. The number of rotatable bonds is 4. The van der Waals surface area contributed by atoms with Gasteiger partial charge in [0.15, 0.2) is 0 Å². The molecule has 2 heterocycles. The van der Waals surface area contributed by atoms with Crippen LogP contribution in [0.3, 0.4) is 0 Å². The molecule has 2 aliphatic heterocycles. The standard InChI is InChI=1S/C26H23FO4/c1-15-4-2-3-5-19(15)16-6-8-20(22(27)11-16)23-9-7-17-10-21-18(12-26(28)29)14-30-25(21)13-24(17)31-23/h2-6,8,10-11,13,18,23H,7,9,12,14H2,1H3,(H,28,29). The summed E-state index contributed by atoms with van der Waals surface area (Å²) in [5.74, 6) is 0.115. The van der Waals surface area contributed by atoms with Crippen LogP contribution in [0.4, 0.5) is 4.39 Å². The second-order valence-electron chi connectivity index (χ2n) is 8.30. The topological polar surface area (TPSA) is 55.8 Å². The number of fused-ring (bicyclic) bond motifs is 2. The number of aryl methyl sites for hydroxylation is 2. The highest BCUT2D eigenvalue weighted by Crippen LogP contribution is 2.44. The number of ether oxygens (including phenoxy) is 2. The van der Waals surface area contributed by atoms with Gasteiger partial charge in [0.2, 0.25) is 0 Å². The molecule has 0 fully saturated rings. The van der Waals surface area contributed by atoms with E-state index in [0.717, 1.165) is 34.2 Å². The first kappa shape index (κ1) is 19.6. The molecule has 0 saturated heterocycles.